The van der Waals surface area contributed by atoms with Crippen LogP contribution in [0, 0.1) is 11.3 Å². The van der Waals surface area contributed by atoms with Gasteiger partial charge < -0.3 is 18.9 Å². The van der Waals surface area contributed by atoms with E-state index in [2.05, 4.69) is 10.8 Å². The second-order valence-electron chi connectivity index (χ2n) is 11.9. The number of hydrogen-bond donors (Lipinski definition) is 1. The molecule has 0 spiro atoms. The van der Waals surface area contributed by atoms with Gasteiger partial charge in [-0.3, -0.25) is 4.72 Å². The molecule has 1 atom stereocenters. The van der Waals surface area contributed by atoms with Gasteiger partial charge in [0.1, 0.15) is 11.3 Å². The Bertz CT molecular complexity index is 1880. The minimum Gasteiger partial charge on any atom is -0.461 e. The van der Waals surface area contributed by atoms with Crippen molar-refractivity contribution < 1.29 is 27.5 Å². The minimum atomic E-state index is -3.86. The fourth-order valence-corrected chi connectivity index (χ4v) is 7.08. The van der Waals surface area contributed by atoms with E-state index in [-0.39, 0.29) is 18.9 Å². The number of hydrogen-bond acceptors (Lipinski definition) is 7. The van der Waals surface area contributed by atoms with Gasteiger partial charge in [0.15, 0.2) is 0 Å². The van der Waals surface area contributed by atoms with Crippen LogP contribution in [-0.2, 0) is 26.0 Å². The second-order valence-corrected chi connectivity index (χ2v) is 13.7. The van der Waals surface area contributed by atoms with Gasteiger partial charge in [0, 0.05) is 24.2 Å². The van der Waals surface area contributed by atoms with Crippen molar-refractivity contribution in [2.75, 3.05) is 23.6 Å². The van der Waals surface area contributed by atoms with Crippen LogP contribution >= 0.6 is 0 Å². The molecule has 1 aliphatic heterocycles. The van der Waals surface area contributed by atoms with Crippen molar-refractivity contribution in [2.24, 2.45) is 0 Å². The lowest BCUT2D eigenvalue weighted by molar-refractivity contribution is 0.0241. The third-order valence-electron chi connectivity index (χ3n) is 7.48. The van der Waals surface area contributed by atoms with E-state index in [1.807, 2.05) is 24.3 Å². The Morgan fingerprint density at radius 1 is 1.07 bits per heavy atom. The molecule has 0 radical (unpaired) electrons. The summed E-state index contributed by atoms with van der Waals surface area (Å²) in [6.07, 6.45) is 0.741. The van der Waals surface area contributed by atoms with Crippen molar-refractivity contribution in [1.29, 1.82) is 5.26 Å². The Kier molecular flexibility index (Phi) is 8.57. The topological polar surface area (TPSA) is 131 Å². The van der Waals surface area contributed by atoms with Crippen molar-refractivity contribution in [3.8, 4) is 6.07 Å². The quantitative estimate of drug-likeness (QED) is 0.239. The standard InChI is InChI=1S/C33H36N4O6S/c1-5-42-31(38)30-18-24-13-12-22(19-34)15-29(24)37(30)20-25-17-26(16-23-9-6-7-11-28(23)25)35-44(40,41)21-27-10-8-14-36(27)32(39)43-33(2,3)4/h6-7,9,11-13,15-18,27,35H,5,8,10,14,20-21H2,1-4H3/t27-/m0/s1. The molecule has 0 bridgehead atoms. The number of rotatable bonds is 8. The van der Waals surface area contributed by atoms with Gasteiger partial charge in [-0.1, -0.05) is 30.3 Å². The molecule has 1 saturated heterocycles. The summed E-state index contributed by atoms with van der Waals surface area (Å²) in [7, 11) is -3.86. The van der Waals surface area contributed by atoms with E-state index in [1.54, 1.807) is 68.7 Å². The zero-order chi connectivity index (χ0) is 31.6. The van der Waals surface area contributed by atoms with Gasteiger partial charge in [-0.2, -0.15) is 5.26 Å². The number of carbonyl (C=O) groups is 2. The lowest BCUT2D eigenvalue weighted by atomic mass is 10.0. The molecule has 44 heavy (non-hydrogen) atoms. The van der Waals surface area contributed by atoms with Crippen LogP contribution in [-0.4, -0.2) is 60.5 Å². The molecule has 5 rings (SSSR count). The van der Waals surface area contributed by atoms with E-state index in [0.717, 1.165) is 21.7 Å². The summed E-state index contributed by atoms with van der Waals surface area (Å²) in [4.78, 5) is 27.2. The third kappa shape index (κ3) is 6.81. The van der Waals surface area contributed by atoms with E-state index >= 15 is 0 Å². The number of esters is 1. The lowest BCUT2D eigenvalue weighted by Gasteiger charge is -2.28. The summed E-state index contributed by atoms with van der Waals surface area (Å²) in [6, 6.07) is 19.7. The smallest absolute Gasteiger partial charge is 0.410 e. The number of nitrogens with zero attached hydrogens (tertiary/aromatic N) is 3. The number of amides is 1. The number of likely N-dealkylation sites (tertiary alicyclic amines) is 1. The number of anilines is 1. The van der Waals surface area contributed by atoms with Gasteiger partial charge >= 0.3 is 12.1 Å². The molecule has 1 aromatic heterocycles. The van der Waals surface area contributed by atoms with Crippen LogP contribution < -0.4 is 4.72 Å². The molecule has 4 aromatic rings. The van der Waals surface area contributed by atoms with Crippen LogP contribution in [0.15, 0.2) is 60.7 Å². The molecule has 11 heteroatoms. The molecule has 1 aliphatic rings. The van der Waals surface area contributed by atoms with E-state index < -0.39 is 33.7 Å². The molecule has 1 amide bonds. The Balaban J connectivity index is 1.49. The van der Waals surface area contributed by atoms with Crippen LogP contribution in [0.3, 0.4) is 0 Å². The SMILES string of the molecule is CCOC(=O)c1cc2ccc(C#N)cc2n1Cc1cc(NS(=O)(=O)C[C@@H]2CCCN2C(=O)OC(C)(C)C)cc2ccccc12. The number of ether oxygens (including phenoxy) is 2. The number of carbonyl (C=O) groups excluding carboxylic acids is 2. The van der Waals surface area contributed by atoms with Gasteiger partial charge in [0.2, 0.25) is 10.0 Å². The maximum absolute atomic E-state index is 13.4. The normalized spacial score (nSPS) is 15.3. The van der Waals surface area contributed by atoms with E-state index in [1.165, 1.54) is 4.90 Å². The fourth-order valence-electron chi connectivity index (χ4n) is 5.66. The van der Waals surface area contributed by atoms with E-state index in [0.29, 0.717) is 41.8 Å². The average molecular weight is 617 g/mol. The third-order valence-corrected chi connectivity index (χ3v) is 8.85. The Morgan fingerprint density at radius 2 is 1.84 bits per heavy atom. The monoisotopic (exact) mass is 616 g/mol. The zero-order valence-corrected chi connectivity index (χ0v) is 26.1. The molecule has 230 valence electrons. The van der Waals surface area contributed by atoms with Crippen molar-refractivity contribution in [2.45, 2.75) is 58.7 Å². The molecule has 0 unspecified atom stereocenters. The average Bonchev–Trinajstić information content (AvgIpc) is 3.56. The predicted molar refractivity (Wildman–Crippen MR) is 169 cm³/mol. The molecule has 0 saturated carbocycles. The summed E-state index contributed by atoms with van der Waals surface area (Å²) in [6.45, 7) is 7.94. The first-order chi connectivity index (χ1) is 20.9. The molecular formula is C33H36N4O6S. The minimum absolute atomic E-state index is 0.205. The van der Waals surface area contributed by atoms with Crippen molar-refractivity contribution in [3.63, 3.8) is 0 Å². The highest BCUT2D eigenvalue weighted by Crippen LogP contribution is 2.30. The first-order valence-corrected chi connectivity index (χ1v) is 16.2. The summed E-state index contributed by atoms with van der Waals surface area (Å²) in [5.74, 6) is -0.755. The maximum atomic E-state index is 13.4. The van der Waals surface area contributed by atoms with Crippen molar-refractivity contribution in [1.82, 2.24) is 9.47 Å². The van der Waals surface area contributed by atoms with Gasteiger partial charge in [0.05, 0.1) is 35.6 Å². The number of aromatic nitrogens is 1. The molecule has 0 aliphatic carbocycles. The lowest BCUT2D eigenvalue weighted by Crippen LogP contribution is -2.43. The van der Waals surface area contributed by atoms with Crippen LogP contribution in [0.1, 0.15) is 62.2 Å². The summed E-state index contributed by atoms with van der Waals surface area (Å²) < 4.78 is 42.3. The van der Waals surface area contributed by atoms with Gasteiger partial charge in [-0.25, -0.2) is 18.0 Å². The molecule has 2 heterocycles. The number of sulfonamides is 1. The predicted octanol–water partition coefficient (Wildman–Crippen LogP) is 6.03. The van der Waals surface area contributed by atoms with Gasteiger partial charge in [0.25, 0.3) is 0 Å². The molecule has 10 nitrogen and oxygen atoms in total. The van der Waals surface area contributed by atoms with Crippen molar-refractivity contribution >= 4 is 49.4 Å². The zero-order valence-electron chi connectivity index (χ0n) is 25.3. The number of fused-ring (bicyclic) bond motifs is 2. The number of nitrogens with one attached hydrogen (secondary N) is 1. The van der Waals surface area contributed by atoms with Crippen LogP contribution in [0.25, 0.3) is 21.7 Å². The first-order valence-electron chi connectivity index (χ1n) is 14.6. The first kappa shape index (κ1) is 30.9. The number of nitriles is 1. The van der Waals surface area contributed by atoms with Crippen LogP contribution in [0.4, 0.5) is 10.5 Å². The summed E-state index contributed by atoms with van der Waals surface area (Å²) >= 11 is 0. The fraction of sp³-hybridized carbons (Fsp3) is 0.364. The molecule has 1 fully saturated rings. The molecular weight excluding hydrogens is 580 g/mol. The highest BCUT2D eigenvalue weighted by molar-refractivity contribution is 7.92. The largest absolute Gasteiger partial charge is 0.461 e. The Hall–Kier alpha value is -4.56. The Morgan fingerprint density at radius 3 is 2.57 bits per heavy atom. The highest BCUT2D eigenvalue weighted by Gasteiger charge is 2.35. The highest BCUT2D eigenvalue weighted by atomic mass is 32.2. The van der Waals surface area contributed by atoms with Crippen LogP contribution in [0.2, 0.25) is 0 Å². The van der Waals surface area contributed by atoms with E-state index in [9.17, 15) is 23.3 Å². The summed E-state index contributed by atoms with van der Waals surface area (Å²) in [5.41, 5.74) is 1.92. The summed E-state index contributed by atoms with van der Waals surface area (Å²) in [5, 5.41) is 12.0. The van der Waals surface area contributed by atoms with Crippen LogP contribution in [0.5, 0.6) is 0 Å². The second kappa shape index (κ2) is 12.2. The molecule has 1 N–H and O–H groups in total. The Labute approximate surface area is 257 Å². The maximum Gasteiger partial charge on any atom is 0.410 e. The van der Waals surface area contributed by atoms with Crippen molar-refractivity contribution in [3.05, 3.63) is 77.5 Å². The van der Waals surface area contributed by atoms with E-state index in [4.69, 9.17) is 9.47 Å². The molecule has 3 aromatic carbocycles. The number of benzene rings is 3. The van der Waals surface area contributed by atoms with Gasteiger partial charge in [-0.05, 0) is 87.2 Å². The van der Waals surface area contributed by atoms with Gasteiger partial charge in [-0.15, -0.1) is 0 Å².